The van der Waals surface area contributed by atoms with Crippen LogP contribution in [-0.4, -0.2) is 80.7 Å². The van der Waals surface area contributed by atoms with E-state index in [1.54, 1.807) is 0 Å². The molecule has 0 aromatic heterocycles. The summed E-state index contributed by atoms with van der Waals surface area (Å²) in [6, 6.07) is 0. The normalized spacial score (nSPS) is 30.2. The Hall–Kier alpha value is -1.75. The highest BCUT2D eigenvalue weighted by Crippen LogP contribution is 2.30. The van der Waals surface area contributed by atoms with Gasteiger partial charge in [0.05, 0.1) is 6.61 Å². The number of esters is 3. The lowest BCUT2D eigenvalue weighted by atomic mass is 9.94. The highest BCUT2D eigenvalue weighted by Gasteiger charge is 2.52. The molecular weight excluding hydrogens is 340 g/mol. The smallest absolute Gasteiger partial charge is 0.303 e. The molecule has 1 N–H and O–H groups in total. The van der Waals surface area contributed by atoms with Crippen molar-refractivity contribution in [3.63, 3.8) is 0 Å². The number of aliphatic hydroxyl groups is 1. The van der Waals surface area contributed by atoms with Gasteiger partial charge in [-0.25, -0.2) is 0 Å². The Bertz CT molecular complexity index is 479. The number of hydrogen-bond acceptors (Lipinski definition) is 10. The predicted molar refractivity (Wildman–Crippen MR) is 80.2 cm³/mol. The van der Waals surface area contributed by atoms with E-state index in [1.807, 2.05) is 0 Å². The summed E-state index contributed by atoms with van der Waals surface area (Å²) in [5, 5.41) is 10.2. The van der Waals surface area contributed by atoms with E-state index in [9.17, 15) is 19.5 Å². The Balaban J connectivity index is 3.16. The zero-order chi connectivity index (χ0) is 19.1. The molecule has 0 saturated carbocycles. The van der Waals surface area contributed by atoms with Crippen molar-refractivity contribution in [3.05, 3.63) is 0 Å². The lowest BCUT2D eigenvalue weighted by Crippen LogP contribution is -2.64. The summed E-state index contributed by atoms with van der Waals surface area (Å²) in [5.41, 5.74) is 0. The van der Waals surface area contributed by atoms with Gasteiger partial charge in [0.2, 0.25) is 0 Å². The van der Waals surface area contributed by atoms with Crippen molar-refractivity contribution < 1.29 is 47.9 Å². The lowest BCUT2D eigenvalue weighted by Gasteiger charge is -2.44. The monoisotopic (exact) mass is 364 g/mol. The molecule has 1 saturated heterocycles. The first-order chi connectivity index (χ1) is 11.7. The number of methoxy groups -OCH3 is 2. The van der Waals surface area contributed by atoms with Gasteiger partial charge in [-0.3, -0.25) is 14.4 Å². The molecule has 144 valence electrons. The maximum Gasteiger partial charge on any atom is 0.303 e. The summed E-state index contributed by atoms with van der Waals surface area (Å²) < 4.78 is 31.1. The van der Waals surface area contributed by atoms with Crippen molar-refractivity contribution in [1.82, 2.24) is 0 Å². The van der Waals surface area contributed by atoms with Gasteiger partial charge in [0, 0.05) is 35.0 Å². The molecule has 0 aromatic rings. The van der Waals surface area contributed by atoms with Crippen molar-refractivity contribution in [2.75, 3.05) is 20.8 Å². The Kier molecular flexibility index (Phi) is 8.23. The van der Waals surface area contributed by atoms with Crippen LogP contribution in [0.25, 0.3) is 0 Å². The maximum absolute atomic E-state index is 11.4. The number of carbonyl (C=O) groups is 3. The second-order valence-corrected chi connectivity index (χ2v) is 5.44. The molecule has 0 bridgehead atoms. The fourth-order valence-electron chi connectivity index (χ4n) is 2.64. The van der Waals surface area contributed by atoms with E-state index >= 15 is 0 Å². The van der Waals surface area contributed by atoms with Crippen LogP contribution < -0.4 is 0 Å². The molecule has 1 aliphatic rings. The molecular formula is C15H24O10. The maximum atomic E-state index is 11.4. The van der Waals surface area contributed by atoms with Crippen LogP contribution in [0, 0.1) is 0 Å². The highest BCUT2D eigenvalue weighted by atomic mass is 16.7. The van der Waals surface area contributed by atoms with Crippen LogP contribution in [0.3, 0.4) is 0 Å². The van der Waals surface area contributed by atoms with E-state index < -0.39 is 54.7 Å². The minimum atomic E-state index is -1.63. The quantitative estimate of drug-likeness (QED) is 0.451. The van der Waals surface area contributed by atoms with Crippen LogP contribution in [0.2, 0.25) is 0 Å². The van der Waals surface area contributed by atoms with Crippen LogP contribution in [0.5, 0.6) is 0 Å². The molecule has 1 rings (SSSR count). The van der Waals surface area contributed by atoms with E-state index in [1.165, 1.54) is 21.1 Å². The number of ether oxygens (including phenoxy) is 6. The topological polar surface area (TPSA) is 127 Å². The van der Waals surface area contributed by atoms with Gasteiger partial charge in [0.15, 0.2) is 24.6 Å². The Morgan fingerprint density at radius 1 is 0.960 bits per heavy atom. The molecule has 0 radical (unpaired) electrons. The first kappa shape index (κ1) is 21.3. The number of rotatable bonds is 7. The zero-order valence-corrected chi connectivity index (χ0v) is 14.8. The third kappa shape index (κ3) is 5.92. The van der Waals surface area contributed by atoms with Crippen molar-refractivity contribution in [2.24, 2.45) is 0 Å². The molecule has 0 aromatic carbocycles. The second-order valence-electron chi connectivity index (χ2n) is 5.44. The third-order valence-corrected chi connectivity index (χ3v) is 3.44. The summed E-state index contributed by atoms with van der Waals surface area (Å²) in [6.45, 7) is 3.45. The predicted octanol–water partition coefficient (Wildman–Crippen LogP) is -0.840. The van der Waals surface area contributed by atoms with Crippen LogP contribution >= 0.6 is 0 Å². The van der Waals surface area contributed by atoms with Crippen molar-refractivity contribution >= 4 is 17.9 Å². The molecule has 0 spiro atoms. The summed E-state index contributed by atoms with van der Waals surface area (Å²) in [4.78, 5) is 34.1. The van der Waals surface area contributed by atoms with Gasteiger partial charge in [0.1, 0.15) is 12.2 Å². The molecule has 1 fully saturated rings. The molecule has 25 heavy (non-hydrogen) atoms. The summed E-state index contributed by atoms with van der Waals surface area (Å²) in [6.07, 6.45) is -7.06. The zero-order valence-electron chi connectivity index (χ0n) is 14.8. The third-order valence-electron chi connectivity index (χ3n) is 3.44. The van der Waals surface area contributed by atoms with Crippen LogP contribution in [0.15, 0.2) is 0 Å². The first-order valence-electron chi connectivity index (χ1n) is 7.58. The van der Waals surface area contributed by atoms with Crippen molar-refractivity contribution in [2.45, 2.75) is 57.6 Å². The van der Waals surface area contributed by atoms with E-state index in [2.05, 4.69) is 0 Å². The molecule has 1 unspecified atom stereocenters. The van der Waals surface area contributed by atoms with E-state index in [-0.39, 0.29) is 6.61 Å². The first-order valence-corrected chi connectivity index (χ1v) is 7.58. The fraction of sp³-hybridized carbons (Fsp3) is 0.800. The Labute approximate surface area is 145 Å². The fourth-order valence-corrected chi connectivity index (χ4v) is 2.64. The lowest BCUT2D eigenvalue weighted by molar-refractivity contribution is -0.308. The standard InChI is InChI=1S/C15H24O10/c1-7(16)22-10(6-20-4)11-12(21-5)13(23-8(2)17)14(15(19)25-11)24-9(3)18/h10-15,19H,6H2,1-5H3/t10-,11-,12-,13+,14-,15?/m1/s1. The average Bonchev–Trinajstić information content (AvgIpc) is 2.49. The molecule has 6 atom stereocenters. The minimum Gasteiger partial charge on any atom is -0.457 e. The summed E-state index contributed by atoms with van der Waals surface area (Å²) in [5.74, 6) is -1.97. The summed E-state index contributed by atoms with van der Waals surface area (Å²) >= 11 is 0. The van der Waals surface area contributed by atoms with Gasteiger partial charge < -0.3 is 33.5 Å². The number of carbonyl (C=O) groups excluding carboxylic acids is 3. The molecule has 1 aliphatic heterocycles. The van der Waals surface area contributed by atoms with Crippen molar-refractivity contribution in [3.8, 4) is 0 Å². The van der Waals surface area contributed by atoms with Crippen LogP contribution in [-0.2, 0) is 42.8 Å². The van der Waals surface area contributed by atoms with Crippen molar-refractivity contribution in [1.29, 1.82) is 0 Å². The molecule has 1 heterocycles. The number of aliphatic hydroxyl groups excluding tert-OH is 1. The Morgan fingerprint density at radius 2 is 1.52 bits per heavy atom. The van der Waals surface area contributed by atoms with Gasteiger partial charge >= 0.3 is 17.9 Å². The van der Waals surface area contributed by atoms with Gasteiger partial charge in [-0.1, -0.05) is 0 Å². The molecule has 10 nitrogen and oxygen atoms in total. The summed E-state index contributed by atoms with van der Waals surface area (Å²) in [7, 11) is 2.71. The van der Waals surface area contributed by atoms with E-state index in [0.717, 1.165) is 13.8 Å². The van der Waals surface area contributed by atoms with E-state index in [4.69, 9.17) is 28.4 Å². The highest BCUT2D eigenvalue weighted by molar-refractivity contribution is 5.67. The van der Waals surface area contributed by atoms with Gasteiger partial charge in [-0.2, -0.15) is 0 Å². The largest absolute Gasteiger partial charge is 0.457 e. The SMILES string of the molecule is COC[C@@H](OC(C)=O)[C@H]1OC(O)[C@H](OC(C)=O)[C@@H](OC(C)=O)[C@@H]1OC. The number of hydrogen-bond donors (Lipinski definition) is 1. The molecule has 0 amide bonds. The Morgan fingerprint density at radius 3 is 1.96 bits per heavy atom. The molecule has 10 heteroatoms. The average molecular weight is 364 g/mol. The minimum absolute atomic E-state index is 0.0537. The van der Waals surface area contributed by atoms with Gasteiger partial charge in [-0.15, -0.1) is 0 Å². The van der Waals surface area contributed by atoms with Gasteiger partial charge in [0.25, 0.3) is 0 Å². The van der Waals surface area contributed by atoms with Gasteiger partial charge in [-0.05, 0) is 0 Å². The van der Waals surface area contributed by atoms with Crippen LogP contribution in [0.4, 0.5) is 0 Å². The molecule has 0 aliphatic carbocycles. The van der Waals surface area contributed by atoms with E-state index in [0.29, 0.717) is 0 Å². The second kappa shape index (κ2) is 9.66. The van der Waals surface area contributed by atoms with Crippen LogP contribution in [0.1, 0.15) is 20.8 Å².